The number of benzene rings is 1. The van der Waals surface area contributed by atoms with Crippen molar-refractivity contribution in [1.29, 1.82) is 0 Å². The molecular formula is C15H20N2O3. The molecule has 2 rings (SSSR count). The molecule has 5 heteroatoms. The maximum atomic E-state index is 12.2. The molecule has 1 aromatic carbocycles. The Balaban J connectivity index is 2.08. The van der Waals surface area contributed by atoms with E-state index < -0.39 is 12.0 Å². The molecule has 1 heterocycles. The van der Waals surface area contributed by atoms with Crippen LogP contribution in [0.4, 0.5) is 4.79 Å². The van der Waals surface area contributed by atoms with Gasteiger partial charge in [-0.05, 0) is 31.7 Å². The average Bonchev–Trinajstić information content (AvgIpc) is 2.45. The van der Waals surface area contributed by atoms with Crippen LogP contribution in [0.25, 0.3) is 0 Å². The molecule has 1 aliphatic heterocycles. The van der Waals surface area contributed by atoms with Crippen molar-refractivity contribution in [3.05, 3.63) is 35.9 Å². The smallest absolute Gasteiger partial charge is 0.330 e. The molecule has 0 radical (unpaired) electrons. The number of amides is 2. The lowest BCUT2D eigenvalue weighted by Gasteiger charge is -2.34. The fourth-order valence-electron chi connectivity index (χ4n) is 2.54. The van der Waals surface area contributed by atoms with Crippen LogP contribution >= 0.6 is 0 Å². The fraction of sp³-hybridized carbons (Fsp3) is 0.467. The molecule has 0 aliphatic carbocycles. The van der Waals surface area contributed by atoms with Crippen molar-refractivity contribution in [3.63, 3.8) is 0 Å². The summed E-state index contributed by atoms with van der Waals surface area (Å²) in [6, 6.07) is 7.62. The highest BCUT2D eigenvalue weighted by Gasteiger charge is 2.28. The highest BCUT2D eigenvalue weighted by atomic mass is 16.4. The van der Waals surface area contributed by atoms with E-state index in [1.165, 1.54) is 0 Å². The summed E-state index contributed by atoms with van der Waals surface area (Å²) in [5.41, 5.74) is 0.581. The topological polar surface area (TPSA) is 69.6 Å². The van der Waals surface area contributed by atoms with Crippen LogP contribution in [-0.4, -0.2) is 34.6 Å². The number of aliphatic carboxylic acids is 1. The number of hydrogen-bond acceptors (Lipinski definition) is 2. The first-order valence-corrected chi connectivity index (χ1v) is 6.94. The van der Waals surface area contributed by atoms with Gasteiger partial charge in [0.25, 0.3) is 0 Å². The summed E-state index contributed by atoms with van der Waals surface area (Å²) in [6.07, 6.45) is 3.06. The predicted molar refractivity (Wildman–Crippen MR) is 75.4 cm³/mol. The van der Waals surface area contributed by atoms with Crippen molar-refractivity contribution < 1.29 is 14.7 Å². The van der Waals surface area contributed by atoms with Gasteiger partial charge in [-0.25, -0.2) is 9.59 Å². The van der Waals surface area contributed by atoms with E-state index in [2.05, 4.69) is 5.32 Å². The predicted octanol–water partition coefficient (Wildman–Crippen LogP) is 2.40. The molecule has 1 aromatic rings. The second kappa shape index (κ2) is 6.41. The van der Waals surface area contributed by atoms with Crippen LogP contribution in [-0.2, 0) is 4.79 Å². The Labute approximate surface area is 118 Å². The Morgan fingerprint density at radius 2 is 2.00 bits per heavy atom. The molecule has 0 spiro atoms. The number of carboxylic acids is 1. The first-order valence-electron chi connectivity index (χ1n) is 6.94. The summed E-state index contributed by atoms with van der Waals surface area (Å²) in [5, 5.41) is 11.9. The van der Waals surface area contributed by atoms with E-state index in [-0.39, 0.29) is 12.1 Å². The molecule has 1 saturated heterocycles. The number of nitrogens with zero attached hydrogens (tertiary/aromatic N) is 1. The molecule has 2 N–H and O–H groups in total. The minimum absolute atomic E-state index is 0.161. The molecule has 108 valence electrons. The van der Waals surface area contributed by atoms with Gasteiger partial charge in [0.2, 0.25) is 0 Å². The highest BCUT2D eigenvalue weighted by Crippen LogP contribution is 2.18. The molecule has 0 aromatic heterocycles. The minimum Gasteiger partial charge on any atom is -0.479 e. The molecule has 0 bridgehead atoms. The van der Waals surface area contributed by atoms with Crippen molar-refractivity contribution in [2.45, 2.75) is 38.3 Å². The van der Waals surface area contributed by atoms with Gasteiger partial charge in [0.15, 0.2) is 6.04 Å². The van der Waals surface area contributed by atoms with Crippen LogP contribution in [0.1, 0.15) is 37.8 Å². The van der Waals surface area contributed by atoms with Crippen LogP contribution in [0.2, 0.25) is 0 Å². The van der Waals surface area contributed by atoms with Crippen molar-refractivity contribution >= 4 is 12.0 Å². The van der Waals surface area contributed by atoms with Crippen molar-refractivity contribution in [2.24, 2.45) is 0 Å². The first kappa shape index (κ1) is 14.4. The van der Waals surface area contributed by atoms with E-state index >= 15 is 0 Å². The molecule has 1 fully saturated rings. The second-order valence-electron chi connectivity index (χ2n) is 5.17. The Morgan fingerprint density at radius 1 is 1.30 bits per heavy atom. The summed E-state index contributed by atoms with van der Waals surface area (Å²) in [6.45, 7) is 2.69. The van der Waals surface area contributed by atoms with E-state index in [9.17, 15) is 14.7 Å². The van der Waals surface area contributed by atoms with Crippen LogP contribution in [0, 0.1) is 0 Å². The lowest BCUT2D eigenvalue weighted by molar-refractivity contribution is -0.139. The number of hydrogen-bond donors (Lipinski definition) is 2. The number of carbonyl (C=O) groups excluding carboxylic acids is 1. The lowest BCUT2D eigenvalue weighted by Crippen LogP contribution is -2.49. The quantitative estimate of drug-likeness (QED) is 0.890. The Morgan fingerprint density at radius 3 is 2.60 bits per heavy atom. The molecule has 20 heavy (non-hydrogen) atoms. The number of carboxylic acid groups (broad SMARTS) is 1. The van der Waals surface area contributed by atoms with E-state index in [0.29, 0.717) is 12.1 Å². The van der Waals surface area contributed by atoms with E-state index in [0.717, 1.165) is 19.3 Å². The van der Waals surface area contributed by atoms with Crippen LogP contribution in [0.3, 0.4) is 0 Å². The third-order valence-electron chi connectivity index (χ3n) is 3.71. The third kappa shape index (κ3) is 3.29. The number of likely N-dealkylation sites (tertiary alicyclic amines) is 1. The van der Waals surface area contributed by atoms with Gasteiger partial charge < -0.3 is 15.3 Å². The van der Waals surface area contributed by atoms with Crippen LogP contribution < -0.4 is 5.32 Å². The molecule has 1 unspecified atom stereocenters. The summed E-state index contributed by atoms with van der Waals surface area (Å²) in [7, 11) is 0. The molecule has 0 saturated carbocycles. The van der Waals surface area contributed by atoms with Crippen LogP contribution in [0.5, 0.6) is 0 Å². The zero-order valence-electron chi connectivity index (χ0n) is 11.6. The van der Waals surface area contributed by atoms with Gasteiger partial charge in [-0.15, -0.1) is 0 Å². The number of piperidine rings is 1. The molecule has 2 amide bonds. The fourth-order valence-corrected chi connectivity index (χ4v) is 2.54. The Kier molecular flexibility index (Phi) is 4.61. The first-order chi connectivity index (χ1) is 9.59. The van der Waals surface area contributed by atoms with Gasteiger partial charge in [-0.3, -0.25) is 0 Å². The average molecular weight is 276 g/mol. The number of rotatable bonds is 3. The van der Waals surface area contributed by atoms with Crippen molar-refractivity contribution in [1.82, 2.24) is 10.2 Å². The highest BCUT2D eigenvalue weighted by molar-refractivity contribution is 5.83. The molecule has 2 atom stereocenters. The number of urea groups is 1. The van der Waals surface area contributed by atoms with Crippen LogP contribution in [0.15, 0.2) is 30.3 Å². The van der Waals surface area contributed by atoms with Gasteiger partial charge in [0.05, 0.1) is 0 Å². The maximum absolute atomic E-state index is 12.2. The summed E-state index contributed by atoms with van der Waals surface area (Å²) in [4.78, 5) is 25.3. The monoisotopic (exact) mass is 276 g/mol. The molecule has 1 aliphatic rings. The second-order valence-corrected chi connectivity index (χ2v) is 5.17. The van der Waals surface area contributed by atoms with Gasteiger partial charge in [-0.2, -0.15) is 0 Å². The Hall–Kier alpha value is -2.04. The van der Waals surface area contributed by atoms with E-state index in [1.807, 2.05) is 13.0 Å². The van der Waals surface area contributed by atoms with Crippen molar-refractivity contribution in [3.8, 4) is 0 Å². The van der Waals surface area contributed by atoms with E-state index in [4.69, 9.17) is 0 Å². The minimum atomic E-state index is -1.05. The maximum Gasteiger partial charge on any atom is 0.330 e. The third-order valence-corrected chi connectivity index (χ3v) is 3.71. The van der Waals surface area contributed by atoms with Crippen molar-refractivity contribution in [2.75, 3.05) is 6.54 Å². The molecule has 5 nitrogen and oxygen atoms in total. The van der Waals surface area contributed by atoms with Gasteiger partial charge in [-0.1, -0.05) is 30.3 Å². The van der Waals surface area contributed by atoms with Gasteiger partial charge in [0, 0.05) is 12.6 Å². The summed E-state index contributed by atoms with van der Waals surface area (Å²) in [5.74, 6) is -1.05. The SMILES string of the molecule is CC1CCCCN1C(=O)N[C@@H](C(=O)O)c1ccccc1. The summed E-state index contributed by atoms with van der Waals surface area (Å²) < 4.78 is 0. The zero-order valence-corrected chi connectivity index (χ0v) is 11.6. The standard InChI is InChI=1S/C15H20N2O3/c1-11-7-5-6-10-17(11)15(20)16-13(14(18)19)12-8-3-2-4-9-12/h2-4,8-9,11,13H,5-7,10H2,1H3,(H,16,20)(H,18,19)/t11?,13-/m1/s1. The Bertz CT molecular complexity index is 475. The summed E-state index contributed by atoms with van der Waals surface area (Å²) >= 11 is 0. The normalized spacial score (nSPS) is 20.2. The van der Waals surface area contributed by atoms with Gasteiger partial charge in [0.1, 0.15) is 0 Å². The molecular weight excluding hydrogens is 256 g/mol. The largest absolute Gasteiger partial charge is 0.479 e. The number of carbonyl (C=O) groups is 2. The zero-order chi connectivity index (χ0) is 14.5. The van der Waals surface area contributed by atoms with E-state index in [1.54, 1.807) is 29.2 Å². The number of nitrogens with one attached hydrogen (secondary N) is 1. The lowest BCUT2D eigenvalue weighted by atomic mass is 10.0. The van der Waals surface area contributed by atoms with Gasteiger partial charge >= 0.3 is 12.0 Å².